The van der Waals surface area contributed by atoms with Crippen LogP contribution in [0.2, 0.25) is 5.02 Å². The van der Waals surface area contributed by atoms with E-state index >= 15 is 0 Å². The highest BCUT2D eigenvalue weighted by molar-refractivity contribution is 7.92. The fraction of sp³-hybridized carbons (Fsp3) is 0.316. The van der Waals surface area contributed by atoms with Crippen molar-refractivity contribution in [1.82, 2.24) is 4.90 Å². The average Bonchev–Trinajstić information content (AvgIpc) is 2.62. The second-order valence-corrected chi connectivity index (χ2v) is 8.39. The Balaban J connectivity index is 2.23. The number of hydrogen-bond donors (Lipinski definition) is 0. The third-order valence-electron chi connectivity index (χ3n) is 3.91. The lowest BCUT2D eigenvalue weighted by atomic mass is 10.2. The highest BCUT2D eigenvalue weighted by Gasteiger charge is 2.24. The highest BCUT2D eigenvalue weighted by Crippen LogP contribution is 2.22. The summed E-state index contributed by atoms with van der Waals surface area (Å²) in [5, 5.41) is 0.397. The van der Waals surface area contributed by atoms with Gasteiger partial charge in [0.15, 0.2) is 0 Å². The summed E-state index contributed by atoms with van der Waals surface area (Å²) in [5.41, 5.74) is 1.31. The number of methoxy groups -OCH3 is 1. The number of sulfonamides is 1. The number of benzene rings is 2. The number of anilines is 1. The van der Waals surface area contributed by atoms with Gasteiger partial charge in [0.05, 0.1) is 18.6 Å². The van der Waals surface area contributed by atoms with Gasteiger partial charge in [-0.15, -0.1) is 0 Å². The van der Waals surface area contributed by atoms with Crippen LogP contribution in [-0.2, 0) is 26.1 Å². The molecule has 0 aliphatic carbocycles. The van der Waals surface area contributed by atoms with E-state index < -0.39 is 10.0 Å². The molecule has 2 rings (SSSR count). The van der Waals surface area contributed by atoms with E-state index in [0.29, 0.717) is 30.4 Å². The summed E-state index contributed by atoms with van der Waals surface area (Å²) in [7, 11) is -2.11. The van der Waals surface area contributed by atoms with E-state index in [2.05, 4.69) is 0 Å². The van der Waals surface area contributed by atoms with Gasteiger partial charge in [-0.1, -0.05) is 48.0 Å². The Morgan fingerprint density at radius 2 is 1.81 bits per heavy atom. The minimum atomic E-state index is -3.66. The lowest BCUT2D eigenvalue weighted by Gasteiger charge is -2.27. The maximum Gasteiger partial charge on any atom is 0.243 e. The van der Waals surface area contributed by atoms with Crippen molar-refractivity contribution in [1.29, 1.82) is 0 Å². The normalized spacial score (nSPS) is 11.2. The molecule has 0 aromatic heterocycles. The molecule has 8 heteroatoms. The summed E-state index contributed by atoms with van der Waals surface area (Å²) in [6.07, 6.45) is 1.07. The molecule has 0 bridgehead atoms. The SMILES string of the molecule is COCCN(Cc1ccccc1)C(=O)CN(c1cccc(Cl)c1)S(C)(=O)=O. The summed E-state index contributed by atoms with van der Waals surface area (Å²) >= 11 is 5.98. The van der Waals surface area contributed by atoms with Crippen molar-refractivity contribution in [2.75, 3.05) is 37.4 Å². The van der Waals surface area contributed by atoms with Gasteiger partial charge in [-0.05, 0) is 23.8 Å². The molecular formula is C19H23ClN2O4S. The first-order valence-electron chi connectivity index (χ1n) is 8.35. The second kappa shape index (κ2) is 9.73. The Kier molecular flexibility index (Phi) is 7.65. The van der Waals surface area contributed by atoms with Crippen molar-refractivity contribution in [2.45, 2.75) is 6.54 Å². The van der Waals surface area contributed by atoms with Gasteiger partial charge in [0.2, 0.25) is 15.9 Å². The maximum absolute atomic E-state index is 12.9. The van der Waals surface area contributed by atoms with E-state index in [1.54, 1.807) is 30.2 Å². The van der Waals surface area contributed by atoms with E-state index in [1.807, 2.05) is 30.3 Å². The van der Waals surface area contributed by atoms with Crippen molar-refractivity contribution in [3.63, 3.8) is 0 Å². The molecule has 2 aromatic rings. The van der Waals surface area contributed by atoms with Crippen LogP contribution in [0.5, 0.6) is 0 Å². The van der Waals surface area contributed by atoms with E-state index in [0.717, 1.165) is 16.1 Å². The summed E-state index contributed by atoms with van der Waals surface area (Å²) in [4.78, 5) is 14.5. The van der Waals surface area contributed by atoms with Crippen molar-refractivity contribution >= 4 is 33.2 Å². The molecule has 0 unspecified atom stereocenters. The topological polar surface area (TPSA) is 66.9 Å². The van der Waals surface area contributed by atoms with Crippen LogP contribution in [0.3, 0.4) is 0 Å². The zero-order chi connectivity index (χ0) is 19.9. The summed E-state index contributed by atoms with van der Waals surface area (Å²) in [5.74, 6) is -0.318. The largest absolute Gasteiger partial charge is 0.383 e. The van der Waals surface area contributed by atoms with Crippen LogP contribution in [0.15, 0.2) is 54.6 Å². The van der Waals surface area contributed by atoms with Crippen molar-refractivity contribution in [2.24, 2.45) is 0 Å². The molecule has 27 heavy (non-hydrogen) atoms. The van der Waals surface area contributed by atoms with Crippen molar-refractivity contribution in [3.05, 3.63) is 65.2 Å². The molecule has 0 spiro atoms. The van der Waals surface area contributed by atoms with E-state index in [1.165, 1.54) is 6.07 Å². The minimum Gasteiger partial charge on any atom is -0.383 e. The number of carbonyl (C=O) groups excluding carboxylic acids is 1. The highest BCUT2D eigenvalue weighted by atomic mass is 35.5. The molecule has 6 nitrogen and oxygen atoms in total. The Hall–Kier alpha value is -2.09. The van der Waals surface area contributed by atoms with Gasteiger partial charge in [-0.25, -0.2) is 8.42 Å². The van der Waals surface area contributed by atoms with Crippen LogP contribution in [0.1, 0.15) is 5.56 Å². The van der Waals surface area contributed by atoms with Gasteiger partial charge in [0.1, 0.15) is 6.54 Å². The maximum atomic E-state index is 12.9. The molecule has 0 heterocycles. The first kappa shape index (κ1) is 21.2. The van der Waals surface area contributed by atoms with Crippen LogP contribution in [0.25, 0.3) is 0 Å². The number of rotatable bonds is 9. The van der Waals surface area contributed by atoms with Crippen LogP contribution < -0.4 is 4.31 Å². The van der Waals surface area contributed by atoms with Crippen LogP contribution >= 0.6 is 11.6 Å². The smallest absolute Gasteiger partial charge is 0.243 e. The number of amides is 1. The minimum absolute atomic E-state index is 0.310. The second-order valence-electron chi connectivity index (χ2n) is 6.04. The molecule has 1 amide bonds. The predicted octanol–water partition coefficient (Wildman–Crippen LogP) is 2.78. The van der Waals surface area contributed by atoms with Crippen LogP contribution in [0.4, 0.5) is 5.69 Å². The number of nitrogens with zero attached hydrogens (tertiary/aromatic N) is 2. The van der Waals surface area contributed by atoms with E-state index in [-0.39, 0.29) is 12.5 Å². The summed E-state index contributed by atoms with van der Waals surface area (Å²) < 4.78 is 30.7. The molecule has 0 saturated carbocycles. The number of hydrogen-bond acceptors (Lipinski definition) is 4. The number of ether oxygens (including phenoxy) is 1. The standard InChI is InChI=1S/C19H23ClN2O4S/c1-26-12-11-21(14-16-7-4-3-5-8-16)19(23)15-22(27(2,24)25)18-10-6-9-17(20)13-18/h3-10,13H,11-12,14-15H2,1-2H3. The Morgan fingerprint density at radius 3 is 2.41 bits per heavy atom. The quantitative estimate of drug-likeness (QED) is 0.637. The van der Waals surface area contributed by atoms with Gasteiger partial charge in [0, 0.05) is 25.2 Å². The van der Waals surface area contributed by atoms with Gasteiger partial charge in [0.25, 0.3) is 0 Å². The molecule has 146 valence electrons. The Morgan fingerprint density at radius 1 is 1.11 bits per heavy atom. The Labute approximate surface area is 165 Å². The van der Waals surface area contributed by atoms with Gasteiger partial charge < -0.3 is 9.64 Å². The molecule has 0 N–H and O–H groups in total. The summed E-state index contributed by atoms with van der Waals surface area (Å²) in [6.45, 7) is 0.776. The molecular weight excluding hydrogens is 388 g/mol. The molecule has 0 fully saturated rings. The third-order valence-corrected chi connectivity index (χ3v) is 5.29. The van der Waals surface area contributed by atoms with E-state index in [4.69, 9.17) is 16.3 Å². The first-order chi connectivity index (χ1) is 12.8. The number of halogens is 1. The molecule has 0 aliphatic rings. The van der Waals surface area contributed by atoms with Gasteiger partial charge in [-0.3, -0.25) is 9.10 Å². The van der Waals surface area contributed by atoms with Gasteiger partial charge in [-0.2, -0.15) is 0 Å². The summed E-state index contributed by atoms with van der Waals surface area (Å²) in [6, 6.07) is 15.9. The Bertz CT molecular complexity index is 859. The molecule has 2 aromatic carbocycles. The van der Waals surface area contributed by atoms with Crippen LogP contribution in [0, 0.1) is 0 Å². The van der Waals surface area contributed by atoms with Crippen molar-refractivity contribution in [3.8, 4) is 0 Å². The lowest BCUT2D eigenvalue weighted by molar-refractivity contribution is -0.130. The molecule has 0 atom stereocenters. The first-order valence-corrected chi connectivity index (χ1v) is 10.6. The monoisotopic (exact) mass is 410 g/mol. The average molecular weight is 411 g/mol. The van der Waals surface area contributed by atoms with Crippen LogP contribution in [-0.4, -0.2) is 52.3 Å². The number of carbonyl (C=O) groups is 1. The predicted molar refractivity (Wildman–Crippen MR) is 107 cm³/mol. The lowest BCUT2D eigenvalue weighted by Crippen LogP contribution is -2.43. The zero-order valence-corrected chi connectivity index (χ0v) is 16.9. The van der Waals surface area contributed by atoms with E-state index in [9.17, 15) is 13.2 Å². The molecule has 0 aliphatic heterocycles. The fourth-order valence-corrected chi connectivity index (χ4v) is 3.58. The molecule has 0 radical (unpaired) electrons. The van der Waals surface area contributed by atoms with Gasteiger partial charge >= 0.3 is 0 Å². The zero-order valence-electron chi connectivity index (χ0n) is 15.3. The fourth-order valence-electron chi connectivity index (χ4n) is 2.55. The molecule has 0 saturated heterocycles. The third kappa shape index (κ3) is 6.53. The van der Waals surface area contributed by atoms with Crippen molar-refractivity contribution < 1.29 is 17.9 Å².